The lowest BCUT2D eigenvalue weighted by Gasteiger charge is -2.14. The van der Waals surface area contributed by atoms with E-state index in [4.69, 9.17) is 12.2 Å². The Kier molecular flexibility index (Phi) is 2.21. The van der Waals surface area contributed by atoms with Gasteiger partial charge in [-0.1, -0.05) is 0 Å². The maximum absolute atomic E-state index is 5.30. The highest BCUT2D eigenvalue weighted by atomic mass is 32.2. The molecule has 0 aliphatic heterocycles. The van der Waals surface area contributed by atoms with E-state index in [9.17, 15) is 0 Å². The SMILES string of the molecule is CSC1(Cn2c(C3CC3)n[nH]c2=S)CC1. The van der Waals surface area contributed by atoms with Crippen molar-refractivity contribution in [2.45, 2.75) is 42.9 Å². The number of nitrogens with zero attached hydrogens (tertiary/aromatic N) is 2. The first-order valence-corrected chi connectivity index (χ1v) is 7.08. The summed E-state index contributed by atoms with van der Waals surface area (Å²) >= 11 is 7.28. The van der Waals surface area contributed by atoms with E-state index in [1.807, 2.05) is 11.8 Å². The molecule has 0 aromatic carbocycles. The van der Waals surface area contributed by atoms with Crippen LogP contribution in [0.1, 0.15) is 37.4 Å². The molecule has 2 aliphatic carbocycles. The standard InChI is InChI=1S/C10H15N3S2/c1-15-10(4-5-10)6-13-8(7-2-3-7)11-12-9(13)14/h7H,2-6H2,1H3,(H,12,14). The summed E-state index contributed by atoms with van der Waals surface area (Å²) in [5.74, 6) is 1.87. The number of rotatable bonds is 4. The monoisotopic (exact) mass is 241 g/mol. The molecule has 3 nitrogen and oxygen atoms in total. The first-order chi connectivity index (χ1) is 7.24. The normalized spacial score (nSPS) is 23.0. The quantitative estimate of drug-likeness (QED) is 0.823. The minimum atomic E-state index is 0.464. The first kappa shape index (κ1) is 9.90. The second-order valence-electron chi connectivity index (χ2n) is 4.63. The Morgan fingerprint density at radius 3 is 2.87 bits per heavy atom. The minimum Gasteiger partial charge on any atom is -0.303 e. The molecule has 0 radical (unpaired) electrons. The Hall–Kier alpha value is -0.290. The number of thioether (sulfide) groups is 1. The van der Waals surface area contributed by atoms with Crippen LogP contribution in [0.3, 0.4) is 0 Å². The molecule has 0 amide bonds. The van der Waals surface area contributed by atoms with Crippen molar-refractivity contribution in [1.82, 2.24) is 14.8 Å². The summed E-state index contributed by atoms with van der Waals surface area (Å²) in [7, 11) is 0. The van der Waals surface area contributed by atoms with E-state index in [1.54, 1.807) is 0 Å². The molecule has 0 atom stereocenters. The summed E-state index contributed by atoms with van der Waals surface area (Å²) in [6.45, 7) is 1.05. The number of hydrogen-bond acceptors (Lipinski definition) is 3. The van der Waals surface area contributed by atoms with Crippen molar-refractivity contribution in [2.24, 2.45) is 0 Å². The molecule has 3 rings (SSSR count). The Labute approximate surface area is 98.6 Å². The average molecular weight is 241 g/mol. The highest BCUT2D eigenvalue weighted by Crippen LogP contribution is 2.49. The molecule has 15 heavy (non-hydrogen) atoms. The van der Waals surface area contributed by atoms with Crippen molar-refractivity contribution in [3.05, 3.63) is 10.6 Å². The summed E-state index contributed by atoms with van der Waals surface area (Å²) in [6.07, 6.45) is 7.42. The number of nitrogens with one attached hydrogen (secondary N) is 1. The lowest BCUT2D eigenvalue weighted by atomic mass is 10.3. The predicted molar refractivity (Wildman–Crippen MR) is 64.9 cm³/mol. The van der Waals surface area contributed by atoms with E-state index < -0.39 is 0 Å². The van der Waals surface area contributed by atoms with Crippen LogP contribution in [0.2, 0.25) is 0 Å². The van der Waals surface area contributed by atoms with Gasteiger partial charge in [0.2, 0.25) is 0 Å². The van der Waals surface area contributed by atoms with Crippen molar-refractivity contribution in [3.63, 3.8) is 0 Å². The molecule has 1 N–H and O–H groups in total. The average Bonchev–Trinajstić information content (AvgIpc) is 3.12. The molecular formula is C10H15N3S2. The smallest absolute Gasteiger partial charge is 0.195 e. The third kappa shape index (κ3) is 1.76. The van der Waals surface area contributed by atoms with E-state index in [0.717, 1.165) is 11.3 Å². The van der Waals surface area contributed by atoms with E-state index >= 15 is 0 Å². The van der Waals surface area contributed by atoms with Gasteiger partial charge in [0, 0.05) is 17.2 Å². The van der Waals surface area contributed by atoms with Gasteiger partial charge < -0.3 is 4.57 Å². The van der Waals surface area contributed by atoms with Crippen molar-refractivity contribution in [2.75, 3.05) is 6.26 Å². The molecule has 2 aliphatic rings. The van der Waals surface area contributed by atoms with Crippen LogP contribution in [-0.2, 0) is 6.54 Å². The molecule has 0 bridgehead atoms. The zero-order valence-corrected chi connectivity index (χ0v) is 10.5. The molecule has 5 heteroatoms. The van der Waals surface area contributed by atoms with Crippen LogP contribution in [0, 0.1) is 4.77 Å². The zero-order chi connectivity index (χ0) is 10.5. The molecule has 0 saturated heterocycles. The summed E-state index contributed by atoms with van der Waals surface area (Å²) in [4.78, 5) is 0. The lowest BCUT2D eigenvalue weighted by molar-refractivity contribution is 0.618. The number of aromatic nitrogens is 3. The van der Waals surface area contributed by atoms with Gasteiger partial charge in [-0.25, -0.2) is 0 Å². The van der Waals surface area contributed by atoms with Gasteiger partial charge in [-0.3, -0.25) is 5.10 Å². The molecule has 1 aromatic heterocycles. The van der Waals surface area contributed by atoms with Gasteiger partial charge in [-0.2, -0.15) is 16.9 Å². The fourth-order valence-electron chi connectivity index (χ4n) is 1.99. The van der Waals surface area contributed by atoms with Crippen molar-refractivity contribution in [3.8, 4) is 0 Å². The highest BCUT2D eigenvalue weighted by Gasteiger charge is 2.43. The van der Waals surface area contributed by atoms with Gasteiger partial charge in [0.05, 0.1) is 0 Å². The van der Waals surface area contributed by atoms with Gasteiger partial charge in [0.15, 0.2) is 4.77 Å². The van der Waals surface area contributed by atoms with Crippen LogP contribution in [0.15, 0.2) is 0 Å². The fraction of sp³-hybridized carbons (Fsp3) is 0.800. The summed E-state index contributed by atoms with van der Waals surface area (Å²) in [5, 5.41) is 7.30. The fourth-order valence-corrected chi connectivity index (χ4v) is 2.96. The molecular weight excluding hydrogens is 226 g/mol. The third-order valence-electron chi connectivity index (χ3n) is 3.42. The van der Waals surface area contributed by atoms with Crippen LogP contribution < -0.4 is 0 Å². The van der Waals surface area contributed by atoms with Gasteiger partial charge >= 0.3 is 0 Å². The second-order valence-corrected chi connectivity index (χ2v) is 6.30. The molecule has 0 spiro atoms. The molecule has 1 heterocycles. The van der Waals surface area contributed by atoms with E-state index in [0.29, 0.717) is 10.7 Å². The third-order valence-corrected chi connectivity index (χ3v) is 5.13. The Morgan fingerprint density at radius 2 is 2.33 bits per heavy atom. The van der Waals surface area contributed by atoms with Gasteiger partial charge in [0.1, 0.15) is 5.82 Å². The number of hydrogen-bond donors (Lipinski definition) is 1. The summed E-state index contributed by atoms with van der Waals surface area (Å²) < 4.78 is 3.50. The van der Waals surface area contributed by atoms with Gasteiger partial charge in [-0.05, 0) is 44.2 Å². The van der Waals surface area contributed by atoms with Gasteiger partial charge in [-0.15, -0.1) is 0 Å². The Morgan fingerprint density at radius 1 is 1.60 bits per heavy atom. The van der Waals surface area contributed by atoms with Crippen molar-refractivity contribution >= 4 is 24.0 Å². The number of aromatic amines is 1. The van der Waals surface area contributed by atoms with E-state index in [2.05, 4.69) is 21.0 Å². The van der Waals surface area contributed by atoms with Crippen LogP contribution >= 0.6 is 24.0 Å². The molecule has 2 saturated carbocycles. The maximum atomic E-state index is 5.30. The molecule has 2 fully saturated rings. The van der Waals surface area contributed by atoms with Crippen LogP contribution in [-0.4, -0.2) is 25.8 Å². The van der Waals surface area contributed by atoms with Crippen molar-refractivity contribution < 1.29 is 0 Å². The van der Waals surface area contributed by atoms with Crippen LogP contribution in [0.5, 0.6) is 0 Å². The van der Waals surface area contributed by atoms with Gasteiger partial charge in [0.25, 0.3) is 0 Å². The zero-order valence-electron chi connectivity index (χ0n) is 8.82. The highest BCUT2D eigenvalue weighted by molar-refractivity contribution is 8.00. The largest absolute Gasteiger partial charge is 0.303 e. The Balaban J connectivity index is 1.89. The lowest BCUT2D eigenvalue weighted by Crippen LogP contribution is -2.15. The Bertz CT molecular complexity index is 426. The topological polar surface area (TPSA) is 33.6 Å². The van der Waals surface area contributed by atoms with Crippen LogP contribution in [0.4, 0.5) is 0 Å². The molecule has 82 valence electrons. The predicted octanol–water partition coefficient (Wildman–Crippen LogP) is 2.71. The first-order valence-electron chi connectivity index (χ1n) is 5.44. The molecule has 1 aromatic rings. The summed E-state index contributed by atoms with van der Waals surface area (Å²) in [6, 6.07) is 0. The van der Waals surface area contributed by atoms with E-state index in [1.165, 1.54) is 31.5 Å². The maximum Gasteiger partial charge on any atom is 0.195 e. The molecule has 0 unspecified atom stereocenters. The second kappa shape index (κ2) is 3.35. The van der Waals surface area contributed by atoms with Crippen molar-refractivity contribution in [1.29, 1.82) is 0 Å². The number of H-pyrrole nitrogens is 1. The minimum absolute atomic E-state index is 0.464. The van der Waals surface area contributed by atoms with E-state index in [-0.39, 0.29) is 0 Å². The summed E-state index contributed by atoms with van der Waals surface area (Å²) in [5.41, 5.74) is 0. The van der Waals surface area contributed by atoms with Crippen LogP contribution in [0.25, 0.3) is 0 Å².